The summed E-state index contributed by atoms with van der Waals surface area (Å²) in [6.07, 6.45) is -25.5. The highest BCUT2D eigenvalue weighted by molar-refractivity contribution is 5.90. The molecule has 0 bridgehead atoms. The second-order valence-corrected chi connectivity index (χ2v) is 26.4. The van der Waals surface area contributed by atoms with Crippen LogP contribution in [0.1, 0.15) is 120 Å². The number of allylic oxidation sites excluding steroid dienone is 2. The molecule has 466 valence electrons. The number of fused-ring (bicyclic) bond motifs is 5. The van der Waals surface area contributed by atoms with Gasteiger partial charge in [-0.25, -0.2) is 0 Å². The molecule has 4 saturated carbocycles. The fraction of sp³-hybridized carbons (Fsp3) is 0.929. The summed E-state index contributed by atoms with van der Waals surface area (Å²) in [5.41, 5.74) is -1.72. The number of carboxylic acids is 1. The monoisotopic (exact) mass is 1160 g/mol. The summed E-state index contributed by atoms with van der Waals surface area (Å²) in [5, 5.41) is 152. The zero-order valence-electron chi connectivity index (χ0n) is 47.7. The van der Waals surface area contributed by atoms with Crippen LogP contribution >= 0.6 is 0 Å². The van der Waals surface area contributed by atoms with Gasteiger partial charge in [-0.2, -0.15) is 0 Å². The molecule has 81 heavy (non-hydrogen) atoms. The minimum atomic E-state index is -1.95. The van der Waals surface area contributed by atoms with Crippen LogP contribution in [0.5, 0.6) is 0 Å². The second kappa shape index (κ2) is 24.9. The standard InChI is InChI=1S/C56H92O25/c1-24(2)10-9-14-56(8,81-50-46(72)42(68)40(66)30(78-50)23-75-48-44(70)37(63)27(59)21-74-48)25-11-16-55(7)36(25)26(58)18-32-53(5)15-13-33(52(3,4)31(53)12-17-54(32,55)6)79-51-47(43(69)38(64)28(20-57)76-51)80-49-45(71)41(67)39(65)29(77-49)22-73-35(62)19-34(60)61/h10,25-33,36-51,57-59,63-72H,9,11-23H2,1-8H3,(H,60,61). The van der Waals surface area contributed by atoms with Gasteiger partial charge >= 0.3 is 11.9 Å². The van der Waals surface area contributed by atoms with Crippen LogP contribution in [0.15, 0.2) is 11.6 Å². The van der Waals surface area contributed by atoms with E-state index < -0.39 is 184 Å². The van der Waals surface area contributed by atoms with E-state index in [1.165, 1.54) is 0 Å². The maximum absolute atomic E-state index is 12.9. The van der Waals surface area contributed by atoms with Crippen molar-refractivity contribution in [2.45, 2.75) is 254 Å². The van der Waals surface area contributed by atoms with E-state index in [0.717, 1.165) is 24.8 Å². The van der Waals surface area contributed by atoms with Gasteiger partial charge in [-0.15, -0.1) is 0 Å². The number of hydrogen-bond acceptors (Lipinski definition) is 24. The van der Waals surface area contributed by atoms with Gasteiger partial charge < -0.3 is 114 Å². The lowest BCUT2D eigenvalue weighted by molar-refractivity contribution is -0.378. The van der Waals surface area contributed by atoms with Gasteiger partial charge in [-0.3, -0.25) is 9.59 Å². The lowest BCUT2D eigenvalue weighted by Gasteiger charge is -2.71. The predicted molar refractivity (Wildman–Crippen MR) is 276 cm³/mol. The Bertz CT molecular complexity index is 2180. The molecule has 0 amide bonds. The number of rotatable bonds is 18. The van der Waals surface area contributed by atoms with Crippen molar-refractivity contribution < 1.29 is 124 Å². The van der Waals surface area contributed by atoms with Crippen LogP contribution in [-0.4, -0.2) is 244 Å². The van der Waals surface area contributed by atoms with Crippen molar-refractivity contribution in [1.29, 1.82) is 0 Å². The van der Waals surface area contributed by atoms with E-state index in [1.54, 1.807) is 0 Å². The van der Waals surface area contributed by atoms with Crippen LogP contribution in [0.4, 0.5) is 0 Å². The van der Waals surface area contributed by atoms with Crippen LogP contribution in [0.2, 0.25) is 0 Å². The molecular formula is C56H92O25. The third kappa shape index (κ3) is 12.2. The summed E-state index contributed by atoms with van der Waals surface area (Å²) in [6.45, 7) is 14.8. The Kier molecular flexibility index (Phi) is 19.9. The molecule has 4 heterocycles. The Hall–Kier alpha value is -2.16. The molecule has 0 spiro atoms. The first-order valence-corrected chi connectivity index (χ1v) is 28.8. The van der Waals surface area contributed by atoms with Crippen molar-refractivity contribution >= 4 is 11.9 Å². The Morgan fingerprint density at radius 2 is 1.22 bits per heavy atom. The van der Waals surface area contributed by atoms with Gasteiger partial charge in [-0.05, 0) is 124 Å². The summed E-state index contributed by atoms with van der Waals surface area (Å²) in [7, 11) is 0. The number of carboxylic acid groups (broad SMARTS) is 1. The average molecular weight is 1170 g/mol. The molecule has 4 saturated heterocycles. The molecule has 4 aliphatic carbocycles. The first kappa shape index (κ1) is 64.8. The first-order valence-electron chi connectivity index (χ1n) is 28.8. The Morgan fingerprint density at radius 3 is 1.86 bits per heavy atom. The van der Waals surface area contributed by atoms with Gasteiger partial charge in [0.05, 0.1) is 37.6 Å². The minimum absolute atomic E-state index is 0.00544. The van der Waals surface area contributed by atoms with Gasteiger partial charge in [-0.1, -0.05) is 46.3 Å². The first-order chi connectivity index (χ1) is 37.8. The van der Waals surface area contributed by atoms with Crippen LogP contribution < -0.4 is 0 Å². The smallest absolute Gasteiger partial charge is 0.317 e. The minimum Gasteiger partial charge on any atom is -0.481 e. The van der Waals surface area contributed by atoms with Crippen LogP contribution in [0.25, 0.3) is 0 Å². The van der Waals surface area contributed by atoms with E-state index in [4.69, 9.17) is 47.7 Å². The van der Waals surface area contributed by atoms with E-state index in [9.17, 15) is 76.0 Å². The maximum atomic E-state index is 12.9. The molecule has 0 aromatic rings. The Labute approximate surface area is 472 Å². The molecule has 8 aliphatic rings. The normalized spacial score (nSPS) is 49.6. The zero-order chi connectivity index (χ0) is 59.6. The van der Waals surface area contributed by atoms with Gasteiger partial charge in [0.2, 0.25) is 0 Å². The zero-order valence-corrected chi connectivity index (χ0v) is 47.7. The lowest BCUT2D eigenvalue weighted by Crippen LogP contribution is -2.68. The molecule has 29 unspecified atom stereocenters. The molecule has 14 N–H and O–H groups in total. The SMILES string of the molecule is CC(C)=CCCC(C)(OC1OC(COC2OCC(O)C(O)C2O)C(O)C(O)C1O)C1CCC2(C)C1C(O)CC1C3(C)CCC(OC4OC(CO)C(O)C(O)C4OC4OC(COC(=O)CC(=O)O)C(O)C(O)C4O)C(C)(C)C3CCC12C. The number of ether oxygens (including phenoxy) is 9. The van der Waals surface area contributed by atoms with Gasteiger partial charge in [0.15, 0.2) is 25.2 Å². The van der Waals surface area contributed by atoms with E-state index in [0.29, 0.717) is 38.5 Å². The summed E-state index contributed by atoms with van der Waals surface area (Å²) < 4.78 is 53.9. The third-order valence-corrected chi connectivity index (χ3v) is 21.0. The van der Waals surface area contributed by atoms with Crippen molar-refractivity contribution in [2.24, 2.45) is 45.3 Å². The number of carbonyl (C=O) groups excluding carboxylic acids is 1. The second-order valence-electron chi connectivity index (χ2n) is 26.4. The number of esters is 1. The van der Waals surface area contributed by atoms with Crippen LogP contribution in [-0.2, 0) is 52.2 Å². The molecule has 25 nitrogen and oxygen atoms in total. The maximum Gasteiger partial charge on any atom is 0.317 e. The fourth-order valence-electron chi connectivity index (χ4n) is 16.3. The van der Waals surface area contributed by atoms with E-state index in [2.05, 4.69) is 40.7 Å². The van der Waals surface area contributed by atoms with Gasteiger partial charge in [0.25, 0.3) is 0 Å². The summed E-state index contributed by atoms with van der Waals surface area (Å²) in [5.74, 6) is -3.18. The molecule has 8 fully saturated rings. The number of hydrogen-bond donors (Lipinski definition) is 14. The summed E-state index contributed by atoms with van der Waals surface area (Å²) in [4.78, 5) is 23.0. The molecule has 0 aromatic carbocycles. The molecule has 0 aromatic heterocycles. The predicted octanol–water partition coefficient (Wildman–Crippen LogP) is -1.54. The Morgan fingerprint density at radius 1 is 0.630 bits per heavy atom. The topological polar surface area (TPSA) is 400 Å². The molecule has 8 rings (SSSR count). The van der Waals surface area contributed by atoms with Crippen molar-refractivity contribution in [3.63, 3.8) is 0 Å². The molecule has 29 atom stereocenters. The number of aliphatic hydroxyl groups is 13. The summed E-state index contributed by atoms with van der Waals surface area (Å²) in [6, 6.07) is 0. The average Bonchev–Trinajstić information content (AvgIpc) is 2.94. The van der Waals surface area contributed by atoms with E-state index >= 15 is 0 Å². The lowest BCUT2D eigenvalue weighted by atomic mass is 9.35. The molecular weight excluding hydrogens is 1070 g/mol. The van der Waals surface area contributed by atoms with Crippen molar-refractivity contribution in [3.8, 4) is 0 Å². The Balaban J connectivity index is 0.997. The fourth-order valence-corrected chi connectivity index (χ4v) is 16.3. The van der Waals surface area contributed by atoms with Gasteiger partial charge in [0.1, 0.15) is 105 Å². The van der Waals surface area contributed by atoms with Crippen molar-refractivity contribution in [3.05, 3.63) is 11.6 Å². The third-order valence-electron chi connectivity index (χ3n) is 21.0. The van der Waals surface area contributed by atoms with Gasteiger partial charge in [0, 0.05) is 0 Å². The largest absolute Gasteiger partial charge is 0.481 e. The van der Waals surface area contributed by atoms with Crippen molar-refractivity contribution in [2.75, 3.05) is 26.4 Å². The van der Waals surface area contributed by atoms with Crippen molar-refractivity contribution in [1.82, 2.24) is 0 Å². The van der Waals surface area contributed by atoms with Crippen LogP contribution in [0.3, 0.4) is 0 Å². The molecule has 4 aliphatic heterocycles. The van der Waals surface area contributed by atoms with E-state index in [1.807, 2.05) is 20.8 Å². The molecule has 25 heteroatoms. The highest BCUT2D eigenvalue weighted by Crippen LogP contribution is 2.76. The number of aliphatic carboxylic acids is 1. The molecule has 0 radical (unpaired) electrons. The quantitative estimate of drug-likeness (QED) is 0.0320. The summed E-state index contributed by atoms with van der Waals surface area (Å²) >= 11 is 0. The van der Waals surface area contributed by atoms with Crippen LogP contribution in [0, 0.1) is 45.3 Å². The highest BCUT2D eigenvalue weighted by atomic mass is 16.8. The number of aliphatic hydroxyl groups excluding tert-OH is 13. The number of carbonyl (C=O) groups is 2. The highest BCUT2D eigenvalue weighted by Gasteiger charge is 2.72. The van der Waals surface area contributed by atoms with E-state index in [-0.39, 0.29) is 41.1 Å².